The quantitative estimate of drug-likeness (QED) is 0.626. The molecule has 0 aliphatic heterocycles. The first-order valence-electron chi connectivity index (χ1n) is 5.27. The summed E-state index contributed by atoms with van der Waals surface area (Å²) in [5.41, 5.74) is 2.67. The summed E-state index contributed by atoms with van der Waals surface area (Å²) in [6, 6.07) is 11.5. The third kappa shape index (κ3) is 1.52. The van der Waals surface area contributed by atoms with Crippen molar-refractivity contribution in [3.8, 4) is 11.1 Å². The summed E-state index contributed by atoms with van der Waals surface area (Å²) in [5, 5.41) is 1.01. The van der Waals surface area contributed by atoms with Crippen molar-refractivity contribution in [3.05, 3.63) is 54.6 Å². The van der Waals surface area contributed by atoms with Crippen molar-refractivity contribution < 1.29 is 9.21 Å². The minimum Gasteiger partial charge on any atom is -0.461 e. The van der Waals surface area contributed by atoms with Crippen LogP contribution in [0.4, 0.5) is 0 Å². The summed E-state index contributed by atoms with van der Waals surface area (Å²) >= 11 is 0. The zero-order valence-corrected chi connectivity index (χ0v) is 8.96. The fourth-order valence-electron chi connectivity index (χ4n) is 1.97. The number of furan rings is 1. The van der Waals surface area contributed by atoms with Crippen molar-refractivity contribution in [1.29, 1.82) is 0 Å². The second-order valence-electron chi connectivity index (χ2n) is 3.69. The van der Waals surface area contributed by atoms with Gasteiger partial charge in [-0.2, -0.15) is 0 Å². The van der Waals surface area contributed by atoms with Crippen LogP contribution in [0.1, 0.15) is 10.6 Å². The fourth-order valence-corrected chi connectivity index (χ4v) is 1.97. The molecule has 0 aliphatic rings. The van der Waals surface area contributed by atoms with Crippen LogP contribution in [0.5, 0.6) is 0 Å². The molecule has 0 amide bonds. The Hall–Kier alpha value is -2.42. The molecule has 1 aromatic carbocycles. The molecule has 0 N–H and O–H groups in total. The van der Waals surface area contributed by atoms with E-state index in [-0.39, 0.29) is 0 Å². The molecule has 3 nitrogen and oxygen atoms in total. The fraction of sp³-hybridized carbons (Fsp3) is 0. The molecule has 2 aromatic heterocycles. The Kier molecular flexibility index (Phi) is 2.22. The molecule has 0 saturated carbocycles. The van der Waals surface area contributed by atoms with Crippen LogP contribution in [-0.4, -0.2) is 11.3 Å². The lowest BCUT2D eigenvalue weighted by molar-refractivity contribution is 0.110. The van der Waals surface area contributed by atoms with E-state index in [0.29, 0.717) is 5.76 Å². The first-order chi connectivity index (χ1) is 8.40. The maximum atomic E-state index is 10.9. The summed E-state index contributed by atoms with van der Waals surface area (Å²) in [6.45, 7) is 0. The van der Waals surface area contributed by atoms with Gasteiger partial charge in [-0.3, -0.25) is 9.78 Å². The van der Waals surface area contributed by atoms with Crippen molar-refractivity contribution >= 4 is 17.2 Å². The molecule has 3 heteroatoms. The zero-order valence-electron chi connectivity index (χ0n) is 8.96. The van der Waals surface area contributed by atoms with Crippen LogP contribution < -0.4 is 0 Å². The highest BCUT2D eigenvalue weighted by atomic mass is 16.3. The maximum absolute atomic E-state index is 10.9. The van der Waals surface area contributed by atoms with Crippen molar-refractivity contribution in [2.45, 2.75) is 0 Å². The van der Waals surface area contributed by atoms with E-state index in [2.05, 4.69) is 4.98 Å². The van der Waals surface area contributed by atoms with E-state index in [1.165, 1.54) is 6.26 Å². The highest BCUT2D eigenvalue weighted by Crippen LogP contribution is 2.30. The molecular weight excluding hydrogens is 214 g/mol. The van der Waals surface area contributed by atoms with Gasteiger partial charge in [0.05, 0.1) is 11.8 Å². The molecule has 0 aliphatic carbocycles. The second kappa shape index (κ2) is 3.87. The van der Waals surface area contributed by atoms with Crippen LogP contribution in [0.2, 0.25) is 0 Å². The van der Waals surface area contributed by atoms with Crippen molar-refractivity contribution in [2.75, 3.05) is 0 Å². The lowest BCUT2D eigenvalue weighted by Crippen LogP contribution is -1.85. The van der Waals surface area contributed by atoms with Gasteiger partial charge in [0, 0.05) is 17.1 Å². The Labute approximate surface area is 97.7 Å². The van der Waals surface area contributed by atoms with Gasteiger partial charge in [0.15, 0.2) is 12.0 Å². The third-order valence-corrected chi connectivity index (χ3v) is 2.74. The number of pyridine rings is 1. The van der Waals surface area contributed by atoms with Gasteiger partial charge in [-0.25, -0.2) is 0 Å². The lowest BCUT2D eigenvalue weighted by Gasteiger charge is -2.03. The van der Waals surface area contributed by atoms with E-state index in [1.807, 2.05) is 30.3 Å². The minimum atomic E-state index is 0.348. The first kappa shape index (κ1) is 9.78. The largest absolute Gasteiger partial charge is 0.461 e. The number of carbonyl (C=O) groups is 1. The van der Waals surface area contributed by atoms with Gasteiger partial charge < -0.3 is 4.42 Å². The topological polar surface area (TPSA) is 43.1 Å². The molecular formula is C14H9NO2. The molecule has 82 valence electrons. The zero-order chi connectivity index (χ0) is 11.7. The number of carbonyl (C=O) groups excluding carboxylic acids is 1. The summed E-state index contributed by atoms with van der Waals surface area (Å²) in [6.07, 6.45) is 4.00. The molecule has 0 atom stereocenters. The van der Waals surface area contributed by atoms with Crippen molar-refractivity contribution in [2.24, 2.45) is 0 Å². The van der Waals surface area contributed by atoms with Gasteiger partial charge in [0.25, 0.3) is 0 Å². The number of hydrogen-bond acceptors (Lipinski definition) is 3. The molecule has 2 heterocycles. The number of fused-ring (bicyclic) bond motifs is 1. The lowest BCUT2D eigenvalue weighted by atomic mass is 10.0. The normalized spacial score (nSPS) is 10.6. The van der Waals surface area contributed by atoms with Gasteiger partial charge in [0.2, 0.25) is 0 Å². The highest BCUT2D eigenvalue weighted by molar-refractivity contribution is 5.98. The van der Waals surface area contributed by atoms with Crippen LogP contribution in [0.25, 0.3) is 22.0 Å². The van der Waals surface area contributed by atoms with Gasteiger partial charge >= 0.3 is 0 Å². The number of nitrogens with zero attached hydrogens (tertiary/aromatic N) is 1. The summed E-state index contributed by atoms with van der Waals surface area (Å²) < 4.78 is 5.13. The average molecular weight is 223 g/mol. The molecule has 0 bridgehead atoms. The van der Waals surface area contributed by atoms with Crippen molar-refractivity contribution in [1.82, 2.24) is 4.98 Å². The van der Waals surface area contributed by atoms with Crippen molar-refractivity contribution in [3.63, 3.8) is 0 Å². The number of rotatable bonds is 2. The van der Waals surface area contributed by atoms with E-state index < -0.39 is 0 Å². The van der Waals surface area contributed by atoms with Gasteiger partial charge in [0.1, 0.15) is 0 Å². The minimum absolute atomic E-state index is 0.348. The first-order valence-corrected chi connectivity index (χ1v) is 5.27. The number of aromatic nitrogens is 1. The smallest absolute Gasteiger partial charge is 0.185 e. The number of hydrogen-bond donors (Lipinski definition) is 0. The van der Waals surface area contributed by atoms with E-state index in [1.54, 1.807) is 12.3 Å². The van der Waals surface area contributed by atoms with Crippen LogP contribution in [0, 0.1) is 0 Å². The molecule has 0 saturated heterocycles. The van der Waals surface area contributed by atoms with Crippen LogP contribution >= 0.6 is 0 Å². The summed E-state index contributed by atoms with van der Waals surface area (Å²) in [4.78, 5) is 15.2. The maximum Gasteiger partial charge on any atom is 0.185 e. The van der Waals surface area contributed by atoms with E-state index in [4.69, 9.17) is 4.42 Å². The third-order valence-electron chi connectivity index (χ3n) is 2.74. The van der Waals surface area contributed by atoms with Crippen LogP contribution in [-0.2, 0) is 0 Å². The van der Waals surface area contributed by atoms with E-state index >= 15 is 0 Å². The number of aldehydes is 1. The SMILES string of the molecule is O=Cc1occc1-c1cccc2ncccc12. The second-order valence-corrected chi connectivity index (χ2v) is 3.69. The Morgan fingerprint density at radius 2 is 2.00 bits per heavy atom. The number of benzene rings is 1. The monoisotopic (exact) mass is 223 g/mol. The molecule has 0 spiro atoms. The highest BCUT2D eigenvalue weighted by Gasteiger charge is 2.10. The predicted molar refractivity (Wildman–Crippen MR) is 64.8 cm³/mol. The Bertz CT molecular complexity index is 680. The summed E-state index contributed by atoms with van der Waals surface area (Å²) in [5.74, 6) is 0.348. The Morgan fingerprint density at radius 3 is 2.88 bits per heavy atom. The Morgan fingerprint density at radius 1 is 1.06 bits per heavy atom. The van der Waals surface area contributed by atoms with Gasteiger partial charge in [-0.15, -0.1) is 0 Å². The molecule has 0 unspecified atom stereocenters. The van der Waals surface area contributed by atoms with Crippen LogP contribution in [0.15, 0.2) is 53.3 Å². The molecule has 3 aromatic rings. The molecule has 0 fully saturated rings. The van der Waals surface area contributed by atoms with Crippen LogP contribution in [0.3, 0.4) is 0 Å². The Balaban J connectivity index is 2.34. The molecule has 0 radical (unpaired) electrons. The molecule has 3 rings (SSSR count). The predicted octanol–water partition coefficient (Wildman–Crippen LogP) is 3.31. The van der Waals surface area contributed by atoms with Gasteiger partial charge in [-0.1, -0.05) is 18.2 Å². The van der Waals surface area contributed by atoms with Gasteiger partial charge in [-0.05, 0) is 23.8 Å². The van der Waals surface area contributed by atoms with E-state index in [9.17, 15) is 4.79 Å². The molecule has 17 heavy (non-hydrogen) atoms. The van der Waals surface area contributed by atoms with E-state index in [0.717, 1.165) is 28.3 Å². The summed E-state index contributed by atoms with van der Waals surface area (Å²) in [7, 11) is 0. The average Bonchev–Trinajstić information content (AvgIpc) is 2.86. The standard InChI is InChI=1S/C14H9NO2/c16-9-14-12(6-8-17-14)10-3-1-5-13-11(10)4-2-7-15-13/h1-9H.